The van der Waals surface area contributed by atoms with E-state index in [-0.39, 0.29) is 23.0 Å². The molecule has 1 atom stereocenters. The second kappa shape index (κ2) is 10.6. The summed E-state index contributed by atoms with van der Waals surface area (Å²) in [5.41, 5.74) is 3.60. The molecule has 32 heavy (non-hydrogen) atoms. The van der Waals surface area contributed by atoms with Crippen molar-refractivity contribution in [3.8, 4) is 0 Å². The van der Waals surface area contributed by atoms with E-state index in [1.165, 1.54) is 18.7 Å². The van der Waals surface area contributed by atoms with Crippen molar-refractivity contribution in [2.24, 2.45) is 0 Å². The second-order valence-electron chi connectivity index (χ2n) is 7.36. The molecular formula is C25H25N3O3S. The molecule has 0 spiro atoms. The van der Waals surface area contributed by atoms with Gasteiger partial charge in [-0.1, -0.05) is 23.8 Å². The first-order valence-corrected chi connectivity index (χ1v) is 11.0. The van der Waals surface area contributed by atoms with Gasteiger partial charge in [0.15, 0.2) is 0 Å². The van der Waals surface area contributed by atoms with Gasteiger partial charge in [-0.3, -0.25) is 14.4 Å². The number of aryl methyl sites for hydroxylation is 1. The number of carbonyl (C=O) groups excluding carboxylic acids is 3. The molecule has 3 aromatic carbocycles. The molecule has 1 unspecified atom stereocenters. The number of anilines is 3. The van der Waals surface area contributed by atoms with Crippen molar-refractivity contribution in [1.29, 1.82) is 0 Å². The third-order valence-electron chi connectivity index (χ3n) is 4.53. The summed E-state index contributed by atoms with van der Waals surface area (Å²) in [6.45, 7) is 5.21. The number of benzene rings is 3. The zero-order valence-corrected chi connectivity index (χ0v) is 19.0. The molecule has 0 saturated heterocycles. The zero-order chi connectivity index (χ0) is 23.1. The predicted octanol–water partition coefficient (Wildman–Crippen LogP) is 5.33. The van der Waals surface area contributed by atoms with Crippen molar-refractivity contribution >= 4 is 46.5 Å². The van der Waals surface area contributed by atoms with Gasteiger partial charge in [-0.25, -0.2) is 0 Å². The number of rotatable bonds is 7. The minimum absolute atomic E-state index is 0.142. The topological polar surface area (TPSA) is 87.3 Å². The van der Waals surface area contributed by atoms with Crippen molar-refractivity contribution in [2.45, 2.75) is 30.9 Å². The largest absolute Gasteiger partial charge is 0.326 e. The molecule has 0 radical (unpaired) electrons. The van der Waals surface area contributed by atoms with Crippen LogP contribution >= 0.6 is 11.8 Å². The normalized spacial score (nSPS) is 11.3. The van der Waals surface area contributed by atoms with Crippen molar-refractivity contribution in [1.82, 2.24) is 0 Å². The average molecular weight is 448 g/mol. The van der Waals surface area contributed by atoms with Crippen molar-refractivity contribution in [3.63, 3.8) is 0 Å². The Labute approximate surface area is 191 Å². The van der Waals surface area contributed by atoms with Gasteiger partial charge >= 0.3 is 0 Å². The minimum Gasteiger partial charge on any atom is -0.326 e. The first kappa shape index (κ1) is 23.1. The summed E-state index contributed by atoms with van der Waals surface area (Å²) in [5, 5.41) is 8.11. The lowest BCUT2D eigenvalue weighted by molar-refractivity contribution is -0.115. The van der Waals surface area contributed by atoms with E-state index in [9.17, 15) is 14.4 Å². The molecule has 0 saturated carbocycles. The Morgan fingerprint density at radius 1 is 0.781 bits per heavy atom. The molecule has 0 fully saturated rings. The Hall–Kier alpha value is -3.58. The Morgan fingerprint density at radius 3 is 2.09 bits per heavy atom. The van der Waals surface area contributed by atoms with E-state index >= 15 is 0 Å². The van der Waals surface area contributed by atoms with Crippen molar-refractivity contribution in [3.05, 3.63) is 83.9 Å². The molecule has 0 aliphatic rings. The van der Waals surface area contributed by atoms with Crippen LogP contribution in [0.15, 0.2) is 77.7 Å². The van der Waals surface area contributed by atoms with Gasteiger partial charge in [0, 0.05) is 34.4 Å². The molecule has 3 rings (SSSR count). The summed E-state index contributed by atoms with van der Waals surface area (Å²) in [5.74, 6) is -0.468. The molecule has 3 N–H and O–H groups in total. The summed E-state index contributed by atoms with van der Waals surface area (Å²) >= 11 is 1.40. The van der Waals surface area contributed by atoms with Gasteiger partial charge in [0.25, 0.3) is 5.91 Å². The highest BCUT2D eigenvalue weighted by molar-refractivity contribution is 8.00. The fourth-order valence-electron chi connectivity index (χ4n) is 2.98. The number of hydrogen-bond acceptors (Lipinski definition) is 4. The Kier molecular flexibility index (Phi) is 7.68. The SMILES string of the molecule is CC(=O)Nc1ccc(NC(=O)C(C)Sc2cccc(NC(=O)c3cccc(C)c3)c2)cc1. The summed E-state index contributed by atoms with van der Waals surface area (Å²) in [7, 11) is 0. The first-order valence-electron chi connectivity index (χ1n) is 10.1. The van der Waals surface area contributed by atoms with E-state index < -0.39 is 0 Å². The van der Waals surface area contributed by atoms with Crippen LogP contribution in [-0.2, 0) is 9.59 Å². The van der Waals surface area contributed by atoms with Crippen LogP contribution < -0.4 is 16.0 Å². The van der Waals surface area contributed by atoms with Gasteiger partial charge in [0.05, 0.1) is 5.25 Å². The highest BCUT2D eigenvalue weighted by Gasteiger charge is 2.15. The van der Waals surface area contributed by atoms with Gasteiger partial charge in [-0.2, -0.15) is 0 Å². The maximum atomic E-state index is 12.6. The molecule has 0 aliphatic heterocycles. The maximum absolute atomic E-state index is 12.6. The molecule has 0 heterocycles. The fraction of sp³-hybridized carbons (Fsp3) is 0.160. The average Bonchev–Trinajstić information content (AvgIpc) is 2.75. The zero-order valence-electron chi connectivity index (χ0n) is 18.1. The molecule has 6 nitrogen and oxygen atoms in total. The van der Waals surface area contributed by atoms with E-state index in [0.717, 1.165) is 10.5 Å². The van der Waals surface area contributed by atoms with Crippen LogP contribution in [0.3, 0.4) is 0 Å². The lowest BCUT2D eigenvalue weighted by atomic mass is 10.1. The van der Waals surface area contributed by atoms with Crippen molar-refractivity contribution < 1.29 is 14.4 Å². The number of hydrogen-bond donors (Lipinski definition) is 3. The maximum Gasteiger partial charge on any atom is 0.255 e. The number of thioether (sulfide) groups is 1. The summed E-state index contributed by atoms with van der Waals surface area (Å²) in [6.07, 6.45) is 0. The fourth-order valence-corrected chi connectivity index (χ4v) is 3.90. The summed E-state index contributed by atoms with van der Waals surface area (Å²) < 4.78 is 0. The van der Waals surface area contributed by atoms with E-state index in [0.29, 0.717) is 22.6 Å². The molecule has 0 aliphatic carbocycles. The number of carbonyl (C=O) groups is 3. The van der Waals surface area contributed by atoms with Crippen molar-refractivity contribution in [2.75, 3.05) is 16.0 Å². The third kappa shape index (κ3) is 6.72. The van der Waals surface area contributed by atoms with E-state index in [4.69, 9.17) is 0 Å². The second-order valence-corrected chi connectivity index (χ2v) is 8.77. The minimum atomic E-state index is -0.354. The van der Waals surface area contributed by atoms with E-state index in [1.54, 1.807) is 30.3 Å². The van der Waals surface area contributed by atoms with Gasteiger partial charge in [-0.15, -0.1) is 11.8 Å². The molecule has 3 aromatic rings. The molecule has 3 amide bonds. The van der Waals surface area contributed by atoms with Crippen LogP contribution in [0.4, 0.5) is 17.1 Å². The Balaban J connectivity index is 1.58. The molecule has 0 aromatic heterocycles. The van der Waals surface area contributed by atoms with Gasteiger partial charge in [-0.05, 0) is 68.4 Å². The first-order chi connectivity index (χ1) is 15.3. The highest BCUT2D eigenvalue weighted by Crippen LogP contribution is 2.27. The lowest BCUT2D eigenvalue weighted by Crippen LogP contribution is -2.22. The van der Waals surface area contributed by atoms with Gasteiger partial charge in [0.1, 0.15) is 0 Å². The van der Waals surface area contributed by atoms with Gasteiger partial charge < -0.3 is 16.0 Å². The molecule has 7 heteroatoms. The number of amides is 3. The standard InChI is InChI=1S/C25H25N3O3S/c1-16-6-4-7-19(14-16)25(31)28-22-8-5-9-23(15-22)32-17(2)24(30)27-21-12-10-20(11-13-21)26-18(3)29/h4-15,17H,1-3H3,(H,26,29)(H,27,30)(H,28,31). The quantitative estimate of drug-likeness (QED) is 0.428. The number of nitrogens with one attached hydrogen (secondary N) is 3. The molecule has 0 bridgehead atoms. The lowest BCUT2D eigenvalue weighted by Gasteiger charge is -2.13. The summed E-state index contributed by atoms with van der Waals surface area (Å²) in [6, 6.07) is 21.8. The van der Waals surface area contributed by atoms with Crippen LogP contribution in [0.25, 0.3) is 0 Å². The van der Waals surface area contributed by atoms with Crippen LogP contribution in [0, 0.1) is 6.92 Å². The Morgan fingerprint density at radius 2 is 1.44 bits per heavy atom. The smallest absolute Gasteiger partial charge is 0.255 e. The summed E-state index contributed by atoms with van der Waals surface area (Å²) in [4.78, 5) is 37.0. The van der Waals surface area contributed by atoms with Gasteiger partial charge in [0.2, 0.25) is 11.8 Å². The third-order valence-corrected chi connectivity index (χ3v) is 5.62. The van der Waals surface area contributed by atoms with E-state index in [2.05, 4.69) is 16.0 Å². The van der Waals surface area contributed by atoms with Crippen LogP contribution in [-0.4, -0.2) is 23.0 Å². The molecule has 164 valence electrons. The van der Waals surface area contributed by atoms with E-state index in [1.807, 2.05) is 56.3 Å². The monoisotopic (exact) mass is 447 g/mol. The Bertz CT molecular complexity index is 1130. The molecular weight excluding hydrogens is 422 g/mol. The predicted molar refractivity (Wildman–Crippen MR) is 130 cm³/mol. The van der Waals surface area contributed by atoms with Crippen LogP contribution in [0.5, 0.6) is 0 Å². The highest BCUT2D eigenvalue weighted by atomic mass is 32.2. The van der Waals surface area contributed by atoms with Crippen LogP contribution in [0.1, 0.15) is 29.8 Å². The van der Waals surface area contributed by atoms with Crippen LogP contribution in [0.2, 0.25) is 0 Å².